The van der Waals surface area contributed by atoms with Crippen LogP contribution in [0.1, 0.15) is 43.4 Å². The Morgan fingerprint density at radius 1 is 0.667 bits per heavy atom. The third-order valence-corrected chi connectivity index (χ3v) is 9.20. The molecule has 4 rings (SSSR count). The van der Waals surface area contributed by atoms with Gasteiger partial charge in [-0.15, -0.1) is 0 Å². The molecule has 0 N–H and O–H groups in total. The summed E-state index contributed by atoms with van der Waals surface area (Å²) in [6.07, 6.45) is 7.09. The van der Waals surface area contributed by atoms with E-state index in [9.17, 15) is 30.8 Å². The van der Waals surface area contributed by atoms with Crippen molar-refractivity contribution < 1.29 is 21.2 Å². The van der Waals surface area contributed by atoms with E-state index in [1.54, 1.807) is 12.1 Å². The van der Waals surface area contributed by atoms with Gasteiger partial charge in [-0.1, -0.05) is 55.8 Å². The van der Waals surface area contributed by atoms with Crippen molar-refractivity contribution in [1.82, 2.24) is 19.1 Å². The van der Waals surface area contributed by atoms with Gasteiger partial charge in [0.1, 0.15) is 5.82 Å². The van der Waals surface area contributed by atoms with Gasteiger partial charge in [0.15, 0.2) is 0 Å². The summed E-state index contributed by atoms with van der Waals surface area (Å²) in [6, 6.07) is 12.3. The molecule has 2 aromatic carbocycles. The normalized spacial score (nSPS) is 11.5. The fourth-order valence-electron chi connectivity index (χ4n) is 3.96. The summed E-state index contributed by atoms with van der Waals surface area (Å²) in [4.78, 5) is 31.8. The molecule has 0 aliphatic carbocycles. The zero-order valence-electron chi connectivity index (χ0n) is 23.6. The Bertz CT molecular complexity index is 1700. The molecule has 224 valence electrons. The average molecular weight is 617 g/mol. The third kappa shape index (κ3) is 8.52. The van der Waals surface area contributed by atoms with Crippen LogP contribution < -0.4 is 11.1 Å². The van der Waals surface area contributed by atoms with Crippen molar-refractivity contribution in [2.45, 2.75) is 68.3 Å². The molecule has 0 radical (unpaired) electrons. The number of benzene rings is 2. The van der Waals surface area contributed by atoms with Gasteiger partial charge in [-0.25, -0.2) is 31.2 Å². The first-order valence-corrected chi connectivity index (χ1v) is 16.5. The van der Waals surface area contributed by atoms with E-state index in [-0.39, 0.29) is 16.5 Å². The van der Waals surface area contributed by atoms with E-state index in [0.717, 1.165) is 12.0 Å². The van der Waals surface area contributed by atoms with Gasteiger partial charge in [0.25, 0.3) is 11.1 Å². The van der Waals surface area contributed by atoms with Crippen LogP contribution in [0.3, 0.4) is 0 Å². The number of aromatic nitrogens is 4. The van der Waals surface area contributed by atoms with Crippen LogP contribution in [-0.4, -0.2) is 35.9 Å². The quantitative estimate of drug-likeness (QED) is 0.263. The average Bonchev–Trinajstić information content (AvgIpc) is 2.94. The molecule has 0 saturated heterocycles. The first-order valence-electron chi connectivity index (χ1n) is 13.2. The molecular weight excluding hydrogens is 583 g/mol. The summed E-state index contributed by atoms with van der Waals surface area (Å²) in [5.74, 6) is -1.04. The highest BCUT2D eigenvalue weighted by molar-refractivity contribution is 7.90. The summed E-state index contributed by atoms with van der Waals surface area (Å²) in [5.41, 5.74) is 0.934. The zero-order chi connectivity index (χ0) is 30.9. The molecule has 0 spiro atoms. The molecule has 2 aromatic heterocycles. The minimum absolute atomic E-state index is 0.217. The molecule has 0 unspecified atom stereocenters. The van der Waals surface area contributed by atoms with Crippen molar-refractivity contribution >= 4 is 19.7 Å². The summed E-state index contributed by atoms with van der Waals surface area (Å²) in [6.45, 7) is 6.65. The zero-order valence-corrected chi connectivity index (χ0v) is 25.2. The van der Waals surface area contributed by atoms with Gasteiger partial charge in [-0.2, -0.15) is 0 Å². The van der Waals surface area contributed by atoms with Crippen LogP contribution in [0.2, 0.25) is 0 Å². The van der Waals surface area contributed by atoms with Gasteiger partial charge in [0.05, 0.1) is 11.5 Å². The predicted molar refractivity (Wildman–Crippen MR) is 157 cm³/mol. The smallest absolute Gasteiger partial charge is 0.288 e. The highest BCUT2D eigenvalue weighted by Crippen LogP contribution is 2.13. The van der Waals surface area contributed by atoms with E-state index in [4.69, 9.17) is 0 Å². The maximum Gasteiger partial charge on any atom is 0.288 e. The number of hydrogen-bond donors (Lipinski definition) is 0. The van der Waals surface area contributed by atoms with Crippen LogP contribution >= 0.6 is 0 Å². The summed E-state index contributed by atoms with van der Waals surface area (Å²) in [5, 5.41) is -0.846. The van der Waals surface area contributed by atoms with Gasteiger partial charge in [-0.3, -0.25) is 9.59 Å². The van der Waals surface area contributed by atoms with E-state index < -0.39 is 41.6 Å². The third-order valence-electron chi connectivity index (χ3n) is 6.03. The number of hydrogen-bond acceptors (Lipinski definition) is 8. The van der Waals surface area contributed by atoms with Crippen LogP contribution in [0.25, 0.3) is 0 Å². The van der Waals surface area contributed by atoms with Crippen molar-refractivity contribution in [1.29, 1.82) is 0 Å². The highest BCUT2D eigenvalue weighted by atomic mass is 32.2. The van der Waals surface area contributed by atoms with Gasteiger partial charge >= 0.3 is 0 Å². The molecule has 0 saturated carbocycles. The van der Waals surface area contributed by atoms with Crippen LogP contribution in [-0.2, 0) is 44.3 Å². The molecular formula is C29H33FN4O6S2. The maximum atomic E-state index is 12.8. The SMILES string of the molecule is CCCn1ccnc(S(=O)(=O)Cc2ccc(C)cc2)c1=O.CCCn1ccnc(S(=O)(=O)Cc2ccc(F)cc2)c1=O. The Morgan fingerprint density at radius 3 is 1.43 bits per heavy atom. The number of nitrogens with zero attached hydrogens (tertiary/aromatic N) is 4. The van der Waals surface area contributed by atoms with E-state index >= 15 is 0 Å². The van der Waals surface area contributed by atoms with Crippen molar-refractivity contribution in [2.75, 3.05) is 0 Å². The van der Waals surface area contributed by atoms with E-state index in [1.165, 1.54) is 58.2 Å². The molecule has 10 nitrogen and oxygen atoms in total. The largest absolute Gasteiger partial charge is 0.312 e. The van der Waals surface area contributed by atoms with Crippen molar-refractivity contribution in [2.24, 2.45) is 0 Å². The molecule has 0 aliphatic heterocycles. The van der Waals surface area contributed by atoms with Crippen LogP contribution in [0.15, 0.2) is 93.0 Å². The lowest BCUT2D eigenvalue weighted by atomic mass is 10.2. The van der Waals surface area contributed by atoms with E-state index in [2.05, 4.69) is 9.97 Å². The minimum Gasteiger partial charge on any atom is -0.312 e. The molecule has 0 fully saturated rings. The summed E-state index contributed by atoms with van der Waals surface area (Å²) < 4.78 is 64.9. The fourth-order valence-corrected chi connectivity index (χ4v) is 6.70. The van der Waals surface area contributed by atoms with Gasteiger partial charge < -0.3 is 9.13 Å². The molecule has 2 heterocycles. The summed E-state index contributed by atoms with van der Waals surface area (Å²) >= 11 is 0. The van der Waals surface area contributed by atoms with Crippen molar-refractivity contribution in [3.05, 3.63) is 117 Å². The molecule has 0 amide bonds. The summed E-state index contributed by atoms with van der Waals surface area (Å²) in [7, 11) is -7.61. The first kappa shape index (κ1) is 32.5. The molecule has 0 bridgehead atoms. The Morgan fingerprint density at radius 2 is 1.05 bits per heavy atom. The fraction of sp³-hybridized carbons (Fsp3) is 0.310. The molecule has 0 atom stereocenters. The van der Waals surface area contributed by atoms with Crippen molar-refractivity contribution in [3.63, 3.8) is 0 Å². The molecule has 4 aromatic rings. The second kappa shape index (κ2) is 14.3. The predicted octanol–water partition coefficient (Wildman–Crippen LogP) is 3.70. The molecule has 42 heavy (non-hydrogen) atoms. The van der Waals surface area contributed by atoms with Crippen LogP contribution in [0.5, 0.6) is 0 Å². The lowest BCUT2D eigenvalue weighted by molar-refractivity contribution is 0.577. The van der Waals surface area contributed by atoms with Gasteiger partial charge in [-0.05, 0) is 43.0 Å². The highest BCUT2D eigenvalue weighted by Gasteiger charge is 2.23. The Kier molecular flexibility index (Phi) is 11.1. The number of halogens is 1. The van der Waals surface area contributed by atoms with E-state index in [0.29, 0.717) is 30.6 Å². The number of sulfone groups is 2. The Labute approximate surface area is 244 Å². The topological polar surface area (TPSA) is 138 Å². The van der Waals surface area contributed by atoms with E-state index in [1.807, 2.05) is 32.9 Å². The first-order chi connectivity index (χ1) is 19.9. The monoisotopic (exact) mass is 616 g/mol. The lowest BCUT2D eigenvalue weighted by Crippen LogP contribution is -2.27. The lowest BCUT2D eigenvalue weighted by Gasteiger charge is -2.07. The van der Waals surface area contributed by atoms with Crippen molar-refractivity contribution in [3.8, 4) is 0 Å². The Balaban J connectivity index is 0.000000230. The second-order valence-electron chi connectivity index (χ2n) is 9.59. The number of rotatable bonds is 10. The molecule has 0 aliphatic rings. The number of aryl methyl sites for hydroxylation is 3. The minimum atomic E-state index is -3.86. The molecule has 13 heteroatoms. The van der Waals surface area contributed by atoms with Gasteiger partial charge in [0, 0.05) is 37.9 Å². The second-order valence-corrected chi connectivity index (χ2v) is 13.4. The van der Waals surface area contributed by atoms with Crippen LogP contribution in [0, 0.1) is 12.7 Å². The maximum absolute atomic E-state index is 12.8. The standard InChI is InChI=1S/C15H18N2O3S.C14H15FN2O3S/c1-3-9-17-10-8-16-14(15(17)18)21(19,20)11-13-6-4-12(2)5-7-13;1-2-8-17-9-7-16-13(14(17)18)21(19,20)10-11-3-5-12(15)6-4-11/h4-8,10H,3,9,11H2,1-2H3;3-7,9H,2,8,10H2,1H3. The Hall–Kier alpha value is -3.97. The van der Waals surface area contributed by atoms with Gasteiger partial charge in [0.2, 0.25) is 29.7 Å². The van der Waals surface area contributed by atoms with Crippen LogP contribution in [0.4, 0.5) is 4.39 Å².